The molecule has 0 aliphatic heterocycles. The molecule has 2 N–H and O–H groups in total. The first-order valence-electron chi connectivity index (χ1n) is 4.79. The predicted octanol–water partition coefficient (Wildman–Crippen LogP) is 1.24. The van der Waals surface area contributed by atoms with Crippen molar-refractivity contribution >= 4 is 0 Å². The van der Waals surface area contributed by atoms with Crippen molar-refractivity contribution in [3.8, 4) is 0 Å². The van der Waals surface area contributed by atoms with E-state index in [9.17, 15) is 0 Å². The number of aryl methyl sites for hydroxylation is 3. The van der Waals surface area contributed by atoms with Gasteiger partial charge in [-0.25, -0.2) is 9.97 Å². The van der Waals surface area contributed by atoms with Crippen molar-refractivity contribution in [2.24, 2.45) is 5.73 Å². The Morgan fingerprint density at radius 3 is 2.62 bits per heavy atom. The third kappa shape index (κ3) is 3.11. The van der Waals surface area contributed by atoms with E-state index in [1.807, 2.05) is 6.92 Å². The van der Waals surface area contributed by atoms with Gasteiger partial charge in [-0.15, -0.1) is 0 Å². The zero-order chi connectivity index (χ0) is 9.68. The minimum Gasteiger partial charge on any atom is -0.330 e. The highest BCUT2D eigenvalue weighted by molar-refractivity contribution is 5.11. The fourth-order valence-electron chi connectivity index (χ4n) is 1.29. The van der Waals surface area contributed by atoms with Gasteiger partial charge in [-0.3, -0.25) is 0 Å². The fourth-order valence-corrected chi connectivity index (χ4v) is 1.29. The van der Waals surface area contributed by atoms with Crippen LogP contribution >= 0.6 is 0 Å². The zero-order valence-corrected chi connectivity index (χ0v) is 8.38. The molecule has 1 aromatic heterocycles. The van der Waals surface area contributed by atoms with Gasteiger partial charge < -0.3 is 5.73 Å². The molecule has 0 atom stereocenters. The lowest BCUT2D eigenvalue weighted by atomic mass is 10.2. The zero-order valence-electron chi connectivity index (χ0n) is 8.38. The normalized spacial score (nSPS) is 10.4. The summed E-state index contributed by atoms with van der Waals surface area (Å²) in [5.41, 5.74) is 7.69. The first-order valence-corrected chi connectivity index (χ1v) is 4.79. The average Bonchev–Trinajstić information content (AvgIpc) is 2.14. The number of nitrogens with two attached hydrogens (primary N) is 1. The molecule has 1 aromatic rings. The molecule has 1 heterocycles. The van der Waals surface area contributed by atoms with Crippen molar-refractivity contribution in [1.29, 1.82) is 0 Å². The summed E-state index contributed by atoms with van der Waals surface area (Å²) in [7, 11) is 0. The molecule has 0 aliphatic rings. The van der Waals surface area contributed by atoms with Crippen molar-refractivity contribution in [3.63, 3.8) is 0 Å². The van der Waals surface area contributed by atoms with Crippen molar-refractivity contribution < 1.29 is 0 Å². The molecule has 1 rings (SSSR count). The maximum Gasteiger partial charge on any atom is 0.125 e. The highest BCUT2D eigenvalue weighted by Gasteiger charge is 1.99. The topological polar surface area (TPSA) is 51.8 Å². The molecule has 0 saturated carbocycles. The van der Waals surface area contributed by atoms with E-state index in [1.165, 1.54) is 0 Å². The molecular formula is C10H17N3. The SMILES string of the molecule is CCc1cc(CCCN)nc(C)n1. The van der Waals surface area contributed by atoms with Crippen LogP contribution in [-0.4, -0.2) is 16.5 Å². The third-order valence-electron chi connectivity index (χ3n) is 1.94. The van der Waals surface area contributed by atoms with Crippen LogP contribution in [0.4, 0.5) is 0 Å². The first kappa shape index (κ1) is 10.1. The molecule has 0 saturated heterocycles. The van der Waals surface area contributed by atoms with Crippen LogP contribution in [0.1, 0.15) is 30.6 Å². The molecule has 0 amide bonds. The van der Waals surface area contributed by atoms with Crippen molar-refractivity contribution in [2.45, 2.75) is 33.1 Å². The van der Waals surface area contributed by atoms with Crippen LogP contribution in [-0.2, 0) is 12.8 Å². The van der Waals surface area contributed by atoms with Gasteiger partial charge in [0.1, 0.15) is 5.82 Å². The summed E-state index contributed by atoms with van der Waals surface area (Å²) >= 11 is 0. The highest BCUT2D eigenvalue weighted by Crippen LogP contribution is 2.04. The summed E-state index contributed by atoms with van der Waals surface area (Å²) in [6.07, 6.45) is 2.94. The average molecular weight is 179 g/mol. The molecule has 0 radical (unpaired) electrons. The lowest BCUT2D eigenvalue weighted by Crippen LogP contribution is -2.04. The second kappa shape index (κ2) is 4.92. The molecular weight excluding hydrogens is 162 g/mol. The van der Waals surface area contributed by atoms with Crippen LogP contribution in [0.5, 0.6) is 0 Å². The largest absolute Gasteiger partial charge is 0.330 e. The molecule has 0 aromatic carbocycles. The molecule has 0 spiro atoms. The van der Waals surface area contributed by atoms with Gasteiger partial charge in [0.2, 0.25) is 0 Å². The standard InChI is InChI=1S/C10H17N3/c1-3-9-7-10(5-4-6-11)13-8(2)12-9/h7H,3-6,11H2,1-2H3. The van der Waals surface area contributed by atoms with E-state index in [2.05, 4.69) is 23.0 Å². The van der Waals surface area contributed by atoms with Crippen molar-refractivity contribution in [3.05, 3.63) is 23.3 Å². The van der Waals surface area contributed by atoms with Crippen molar-refractivity contribution in [1.82, 2.24) is 9.97 Å². The third-order valence-corrected chi connectivity index (χ3v) is 1.94. The van der Waals surface area contributed by atoms with Crippen LogP contribution in [0.2, 0.25) is 0 Å². The number of hydrogen-bond acceptors (Lipinski definition) is 3. The molecule has 3 nitrogen and oxygen atoms in total. The summed E-state index contributed by atoms with van der Waals surface area (Å²) in [5, 5.41) is 0. The van der Waals surface area contributed by atoms with E-state index in [0.717, 1.165) is 43.0 Å². The van der Waals surface area contributed by atoms with E-state index in [1.54, 1.807) is 0 Å². The Hall–Kier alpha value is -0.960. The van der Waals surface area contributed by atoms with Gasteiger partial charge in [-0.2, -0.15) is 0 Å². The maximum atomic E-state index is 5.44. The quantitative estimate of drug-likeness (QED) is 0.756. The monoisotopic (exact) mass is 179 g/mol. The number of hydrogen-bond donors (Lipinski definition) is 1. The van der Waals surface area contributed by atoms with Crippen molar-refractivity contribution in [2.75, 3.05) is 6.54 Å². The number of aromatic nitrogens is 2. The van der Waals surface area contributed by atoms with Gasteiger partial charge >= 0.3 is 0 Å². The van der Waals surface area contributed by atoms with Crippen LogP contribution in [0.25, 0.3) is 0 Å². The molecule has 0 unspecified atom stereocenters. The smallest absolute Gasteiger partial charge is 0.125 e. The second-order valence-electron chi connectivity index (χ2n) is 3.14. The van der Waals surface area contributed by atoms with Crippen LogP contribution < -0.4 is 5.73 Å². The molecule has 13 heavy (non-hydrogen) atoms. The Labute approximate surface area is 79.4 Å². The van der Waals surface area contributed by atoms with Gasteiger partial charge in [-0.05, 0) is 38.8 Å². The minimum absolute atomic E-state index is 0.727. The molecule has 0 aliphatic carbocycles. The number of nitrogens with zero attached hydrogens (tertiary/aromatic N) is 2. The molecule has 0 bridgehead atoms. The maximum absolute atomic E-state index is 5.44. The van der Waals surface area contributed by atoms with Gasteiger partial charge in [0.25, 0.3) is 0 Å². The lowest BCUT2D eigenvalue weighted by Gasteiger charge is -2.03. The van der Waals surface area contributed by atoms with E-state index >= 15 is 0 Å². The number of rotatable bonds is 4. The fraction of sp³-hybridized carbons (Fsp3) is 0.600. The molecule has 3 heteroatoms. The van der Waals surface area contributed by atoms with Gasteiger partial charge in [0.15, 0.2) is 0 Å². The lowest BCUT2D eigenvalue weighted by molar-refractivity contribution is 0.789. The Kier molecular flexibility index (Phi) is 3.83. The summed E-state index contributed by atoms with van der Waals surface area (Å²) in [4.78, 5) is 8.67. The van der Waals surface area contributed by atoms with Crippen LogP contribution in [0.15, 0.2) is 6.07 Å². The van der Waals surface area contributed by atoms with Crippen LogP contribution in [0, 0.1) is 6.92 Å². The Morgan fingerprint density at radius 1 is 1.31 bits per heavy atom. The molecule has 72 valence electrons. The molecule has 0 fully saturated rings. The van der Waals surface area contributed by atoms with Gasteiger partial charge in [-0.1, -0.05) is 6.92 Å². The Bertz CT molecular complexity index is 271. The Balaban J connectivity index is 2.76. The van der Waals surface area contributed by atoms with Gasteiger partial charge in [0.05, 0.1) is 0 Å². The van der Waals surface area contributed by atoms with Gasteiger partial charge in [0, 0.05) is 11.4 Å². The summed E-state index contributed by atoms with van der Waals surface area (Å²) in [6.45, 7) is 4.77. The van der Waals surface area contributed by atoms with E-state index in [4.69, 9.17) is 5.73 Å². The predicted molar refractivity (Wildman–Crippen MR) is 53.5 cm³/mol. The first-order chi connectivity index (χ1) is 6.26. The highest BCUT2D eigenvalue weighted by atomic mass is 14.9. The summed E-state index contributed by atoms with van der Waals surface area (Å²) < 4.78 is 0. The summed E-state index contributed by atoms with van der Waals surface area (Å²) in [6, 6.07) is 2.07. The van der Waals surface area contributed by atoms with Crippen LogP contribution in [0.3, 0.4) is 0 Å². The van der Waals surface area contributed by atoms with E-state index < -0.39 is 0 Å². The Morgan fingerprint density at radius 2 is 2.00 bits per heavy atom. The van der Waals surface area contributed by atoms with E-state index in [-0.39, 0.29) is 0 Å². The van der Waals surface area contributed by atoms with E-state index in [0.29, 0.717) is 0 Å². The second-order valence-corrected chi connectivity index (χ2v) is 3.14. The summed E-state index contributed by atoms with van der Waals surface area (Å²) in [5.74, 6) is 0.867. The minimum atomic E-state index is 0.727.